The largest absolute Gasteiger partial charge is 0.477 e. The van der Waals surface area contributed by atoms with Crippen molar-refractivity contribution < 1.29 is 24.3 Å². The number of amides is 2. The van der Waals surface area contributed by atoms with Crippen molar-refractivity contribution in [1.29, 1.82) is 0 Å². The summed E-state index contributed by atoms with van der Waals surface area (Å²) in [6.45, 7) is 1.77. The van der Waals surface area contributed by atoms with Crippen molar-refractivity contribution >= 4 is 52.2 Å². The fourth-order valence-corrected chi connectivity index (χ4v) is 5.50. The van der Waals surface area contributed by atoms with Crippen LogP contribution in [0.5, 0.6) is 0 Å². The minimum atomic E-state index is -1.22. The number of benzene rings is 1. The topological polar surface area (TPSA) is 134 Å². The number of nitrogens with zero attached hydrogens (tertiary/aromatic N) is 4. The van der Waals surface area contributed by atoms with Gasteiger partial charge in [0.1, 0.15) is 34.2 Å². The number of carboxylic acid groups (broad SMARTS) is 1. The van der Waals surface area contributed by atoms with Gasteiger partial charge in [0, 0.05) is 16.9 Å². The Kier molecular flexibility index (Phi) is 5.74. The Labute approximate surface area is 185 Å². The summed E-state index contributed by atoms with van der Waals surface area (Å²) in [5, 5.41) is 24.8. The van der Waals surface area contributed by atoms with Gasteiger partial charge in [0.25, 0.3) is 11.8 Å². The normalized spacial score (nSPS) is 20.8. The molecule has 31 heavy (non-hydrogen) atoms. The first-order chi connectivity index (χ1) is 14.9. The molecule has 2 N–H and O–H groups in total. The zero-order valence-corrected chi connectivity index (χ0v) is 18.1. The molecule has 2 amide bonds. The second-order valence-corrected chi connectivity index (χ2v) is 8.89. The van der Waals surface area contributed by atoms with Crippen LogP contribution in [0.3, 0.4) is 0 Å². The van der Waals surface area contributed by atoms with Crippen LogP contribution in [0, 0.1) is 6.92 Å². The molecule has 1 unspecified atom stereocenters. The third-order valence-electron chi connectivity index (χ3n) is 4.69. The zero-order valence-electron chi connectivity index (χ0n) is 16.4. The van der Waals surface area contributed by atoms with E-state index in [1.807, 2.05) is 0 Å². The van der Waals surface area contributed by atoms with Gasteiger partial charge in [-0.1, -0.05) is 46.8 Å². The van der Waals surface area contributed by atoms with Gasteiger partial charge in [-0.3, -0.25) is 14.5 Å². The number of aliphatic carboxylic acids is 1. The minimum absolute atomic E-state index is 0.0224. The number of aromatic nitrogens is 2. The molecule has 4 rings (SSSR count). The van der Waals surface area contributed by atoms with E-state index in [0.717, 1.165) is 0 Å². The first-order valence-electron chi connectivity index (χ1n) is 9.11. The highest BCUT2D eigenvalue weighted by Crippen LogP contribution is 2.43. The van der Waals surface area contributed by atoms with Crippen LogP contribution >= 0.6 is 23.1 Å². The summed E-state index contributed by atoms with van der Waals surface area (Å²) in [7, 11) is 1.32. The fourth-order valence-electron chi connectivity index (χ4n) is 3.32. The number of thioether (sulfide) groups is 1. The first kappa shape index (κ1) is 21.0. The van der Waals surface area contributed by atoms with Crippen molar-refractivity contribution in [3.8, 4) is 0 Å². The molecule has 12 heteroatoms. The van der Waals surface area contributed by atoms with E-state index in [1.165, 1.54) is 35.1 Å². The molecule has 1 saturated heterocycles. The SMILES string of the molecule is CON=C(C(=O)NC1C(=O)N2C(C(=O)O)=C(c3nnc(C)s3)CS[C@@H]12)c1ccccc1. The molecule has 3 heterocycles. The molecule has 10 nitrogen and oxygen atoms in total. The van der Waals surface area contributed by atoms with Gasteiger partial charge in [-0.15, -0.1) is 22.0 Å². The van der Waals surface area contributed by atoms with Crippen molar-refractivity contribution in [3.05, 3.63) is 51.6 Å². The summed E-state index contributed by atoms with van der Waals surface area (Å²) in [6.07, 6.45) is 0. The highest BCUT2D eigenvalue weighted by Gasteiger charge is 2.54. The molecule has 160 valence electrons. The Morgan fingerprint density at radius 3 is 2.65 bits per heavy atom. The van der Waals surface area contributed by atoms with Gasteiger partial charge < -0.3 is 15.3 Å². The maximum atomic E-state index is 12.8. The lowest BCUT2D eigenvalue weighted by Gasteiger charge is -2.49. The van der Waals surface area contributed by atoms with Crippen molar-refractivity contribution in [2.24, 2.45) is 5.16 Å². The molecule has 0 spiro atoms. The molecule has 1 aromatic carbocycles. The van der Waals surface area contributed by atoms with Crippen LogP contribution in [-0.4, -0.2) is 68.0 Å². The number of oxime groups is 1. The molecular formula is C19H17N5O5S2. The third-order valence-corrected chi connectivity index (χ3v) is 6.86. The van der Waals surface area contributed by atoms with Gasteiger partial charge in [0.2, 0.25) is 0 Å². The van der Waals surface area contributed by atoms with Gasteiger partial charge in [-0.05, 0) is 6.92 Å². The van der Waals surface area contributed by atoms with Crippen LogP contribution in [0.4, 0.5) is 0 Å². The van der Waals surface area contributed by atoms with Crippen LogP contribution in [0.25, 0.3) is 5.57 Å². The van der Waals surface area contributed by atoms with Crippen LogP contribution < -0.4 is 5.32 Å². The Hall–Kier alpha value is -3.25. The van der Waals surface area contributed by atoms with Crippen LogP contribution in [-0.2, 0) is 19.2 Å². The predicted molar refractivity (Wildman–Crippen MR) is 114 cm³/mol. The van der Waals surface area contributed by atoms with E-state index < -0.39 is 29.2 Å². The standard InChI is InChI=1S/C19H17N5O5S2/c1-9-21-22-16(31-9)11-8-30-18-13(17(26)24(18)14(11)19(27)28)20-15(25)12(23-29-2)10-6-4-3-5-7-10/h3-7,13,18H,8H2,1-2H3,(H,20,25)(H,27,28)/t13?,18-/m0/s1. The number of carbonyl (C=O) groups is 3. The minimum Gasteiger partial charge on any atom is -0.477 e. The summed E-state index contributed by atoms with van der Waals surface area (Å²) in [5.41, 5.74) is 0.878. The Morgan fingerprint density at radius 2 is 2.03 bits per heavy atom. The van der Waals surface area contributed by atoms with E-state index in [0.29, 0.717) is 26.9 Å². The Balaban J connectivity index is 1.57. The molecule has 0 bridgehead atoms. The maximum Gasteiger partial charge on any atom is 0.353 e. The summed E-state index contributed by atoms with van der Waals surface area (Å²) in [4.78, 5) is 43.6. The second kappa shape index (κ2) is 8.47. The number of hydrogen-bond donors (Lipinski definition) is 2. The summed E-state index contributed by atoms with van der Waals surface area (Å²) in [5.74, 6) is -1.99. The predicted octanol–water partition coefficient (Wildman–Crippen LogP) is 1.09. The Morgan fingerprint density at radius 1 is 1.29 bits per heavy atom. The number of rotatable bonds is 6. The van der Waals surface area contributed by atoms with Gasteiger partial charge in [0.15, 0.2) is 5.71 Å². The summed E-state index contributed by atoms with van der Waals surface area (Å²) < 4.78 is 0. The van der Waals surface area contributed by atoms with Crippen molar-refractivity contribution in [2.45, 2.75) is 18.3 Å². The number of β-lactam (4-membered cyclic amide) rings is 1. The van der Waals surface area contributed by atoms with Crippen LogP contribution in [0.2, 0.25) is 0 Å². The molecule has 1 fully saturated rings. The monoisotopic (exact) mass is 459 g/mol. The van der Waals surface area contributed by atoms with Gasteiger partial charge in [-0.2, -0.15) is 0 Å². The Bertz CT molecular complexity index is 1110. The van der Waals surface area contributed by atoms with E-state index in [2.05, 4.69) is 20.7 Å². The number of nitrogens with one attached hydrogen (secondary N) is 1. The fraction of sp³-hybridized carbons (Fsp3) is 0.263. The van der Waals surface area contributed by atoms with Crippen LogP contribution in [0.1, 0.15) is 15.6 Å². The van der Waals surface area contributed by atoms with Gasteiger partial charge >= 0.3 is 5.97 Å². The molecule has 2 aromatic rings. The number of carbonyl (C=O) groups excluding carboxylic acids is 2. The molecule has 2 aliphatic rings. The van der Waals surface area contributed by atoms with E-state index in [4.69, 9.17) is 4.84 Å². The van der Waals surface area contributed by atoms with Crippen LogP contribution in [0.15, 0.2) is 41.2 Å². The first-order valence-corrected chi connectivity index (χ1v) is 11.0. The maximum absolute atomic E-state index is 12.8. The number of fused-ring (bicyclic) bond motifs is 1. The van der Waals surface area contributed by atoms with E-state index in [1.54, 1.807) is 37.3 Å². The van der Waals surface area contributed by atoms with E-state index in [-0.39, 0.29) is 11.4 Å². The van der Waals surface area contributed by atoms with Crippen molar-refractivity contribution in [2.75, 3.05) is 12.9 Å². The third kappa shape index (κ3) is 3.79. The number of carboxylic acids is 1. The number of hydrogen-bond acceptors (Lipinski definition) is 9. The lowest BCUT2D eigenvalue weighted by molar-refractivity contribution is -0.149. The van der Waals surface area contributed by atoms with E-state index in [9.17, 15) is 19.5 Å². The highest BCUT2D eigenvalue weighted by atomic mass is 32.2. The average molecular weight is 460 g/mol. The molecule has 0 saturated carbocycles. The molecule has 1 aromatic heterocycles. The summed E-state index contributed by atoms with van der Waals surface area (Å²) in [6, 6.07) is 7.82. The number of aryl methyl sites for hydroxylation is 1. The lowest BCUT2D eigenvalue weighted by atomic mass is 10.0. The highest BCUT2D eigenvalue weighted by molar-refractivity contribution is 8.00. The summed E-state index contributed by atoms with van der Waals surface area (Å²) >= 11 is 2.63. The van der Waals surface area contributed by atoms with Gasteiger partial charge in [0.05, 0.1) is 0 Å². The second-order valence-electron chi connectivity index (χ2n) is 6.61. The van der Waals surface area contributed by atoms with Gasteiger partial charge in [-0.25, -0.2) is 4.79 Å². The molecule has 2 aliphatic heterocycles. The van der Waals surface area contributed by atoms with Crippen molar-refractivity contribution in [3.63, 3.8) is 0 Å². The molecule has 0 aliphatic carbocycles. The van der Waals surface area contributed by atoms with Crippen molar-refractivity contribution in [1.82, 2.24) is 20.4 Å². The molecule has 2 atom stereocenters. The quantitative estimate of drug-likeness (QED) is 0.373. The average Bonchev–Trinajstić information content (AvgIpc) is 3.21. The molecular weight excluding hydrogens is 442 g/mol. The zero-order chi connectivity index (χ0) is 22.1. The van der Waals surface area contributed by atoms with E-state index >= 15 is 0 Å². The molecule has 0 radical (unpaired) electrons. The smallest absolute Gasteiger partial charge is 0.353 e. The lowest BCUT2D eigenvalue weighted by Crippen LogP contribution is -2.71.